The molecule has 0 aliphatic carbocycles. The second kappa shape index (κ2) is 7.41. The fourth-order valence-corrected chi connectivity index (χ4v) is 2.31. The van der Waals surface area contributed by atoms with Crippen molar-refractivity contribution in [3.8, 4) is 16.9 Å². The predicted molar refractivity (Wildman–Crippen MR) is 85.0 cm³/mol. The van der Waals surface area contributed by atoms with Crippen LogP contribution in [0.2, 0.25) is 0 Å². The topological polar surface area (TPSA) is 43.4 Å². The van der Waals surface area contributed by atoms with Crippen LogP contribution in [-0.4, -0.2) is 31.8 Å². The van der Waals surface area contributed by atoms with E-state index in [-0.39, 0.29) is 18.5 Å². The molecule has 0 bridgehead atoms. The molecule has 1 N–H and O–H groups in total. The van der Waals surface area contributed by atoms with E-state index in [1.54, 1.807) is 7.11 Å². The maximum absolute atomic E-state index is 5.70. The van der Waals surface area contributed by atoms with Crippen LogP contribution >= 0.6 is 12.4 Å². The fourth-order valence-electron chi connectivity index (χ4n) is 2.31. The highest BCUT2D eigenvalue weighted by molar-refractivity contribution is 5.85. The van der Waals surface area contributed by atoms with E-state index in [1.165, 1.54) is 0 Å². The summed E-state index contributed by atoms with van der Waals surface area (Å²) in [5.74, 6) is 0.861. The first-order chi connectivity index (χ1) is 9.86. The molecular formula is C16H19ClN2O2. The average Bonchev–Trinajstić information content (AvgIpc) is 2.56. The van der Waals surface area contributed by atoms with Gasteiger partial charge in [0.05, 0.1) is 19.4 Å². The van der Waals surface area contributed by atoms with Crippen LogP contribution in [0.4, 0.5) is 0 Å². The van der Waals surface area contributed by atoms with Crippen LogP contribution in [0.3, 0.4) is 0 Å². The minimum atomic E-state index is 0. The Bertz CT molecular complexity index is 551. The number of ether oxygens (including phenoxy) is 2. The number of nitrogens with one attached hydrogen (secondary N) is 1. The van der Waals surface area contributed by atoms with Crippen molar-refractivity contribution in [2.24, 2.45) is 0 Å². The number of hydrogen-bond acceptors (Lipinski definition) is 4. The molecular weight excluding hydrogens is 288 g/mol. The van der Waals surface area contributed by atoms with Crippen LogP contribution in [0.15, 0.2) is 42.6 Å². The van der Waals surface area contributed by atoms with Crippen LogP contribution in [0.5, 0.6) is 5.75 Å². The maximum atomic E-state index is 5.70. The van der Waals surface area contributed by atoms with Crippen molar-refractivity contribution >= 4 is 12.4 Å². The predicted octanol–water partition coefficient (Wildman–Crippen LogP) is 2.84. The molecule has 1 atom stereocenters. The van der Waals surface area contributed by atoms with Crippen molar-refractivity contribution < 1.29 is 9.47 Å². The van der Waals surface area contributed by atoms with E-state index in [0.29, 0.717) is 0 Å². The molecule has 0 amide bonds. The van der Waals surface area contributed by atoms with Crippen molar-refractivity contribution in [3.63, 3.8) is 0 Å². The molecule has 1 aromatic heterocycles. The largest absolute Gasteiger partial charge is 0.497 e. The summed E-state index contributed by atoms with van der Waals surface area (Å²) >= 11 is 0. The van der Waals surface area contributed by atoms with Crippen molar-refractivity contribution in [1.29, 1.82) is 0 Å². The summed E-state index contributed by atoms with van der Waals surface area (Å²) in [4.78, 5) is 4.53. The quantitative estimate of drug-likeness (QED) is 0.947. The monoisotopic (exact) mass is 306 g/mol. The summed E-state index contributed by atoms with van der Waals surface area (Å²) in [5.41, 5.74) is 3.21. The lowest BCUT2D eigenvalue weighted by molar-refractivity contribution is 0.0250. The van der Waals surface area contributed by atoms with Gasteiger partial charge >= 0.3 is 0 Å². The Morgan fingerprint density at radius 1 is 1.14 bits per heavy atom. The molecule has 0 spiro atoms. The summed E-state index contributed by atoms with van der Waals surface area (Å²) in [6.45, 7) is 2.49. The highest BCUT2D eigenvalue weighted by Crippen LogP contribution is 2.23. The van der Waals surface area contributed by atoms with E-state index in [4.69, 9.17) is 9.47 Å². The molecule has 0 radical (unpaired) electrons. The molecule has 0 saturated carbocycles. The molecule has 1 aliphatic rings. The van der Waals surface area contributed by atoms with Gasteiger partial charge in [-0.05, 0) is 23.8 Å². The molecule has 1 aliphatic heterocycles. The molecule has 2 aromatic rings. The Morgan fingerprint density at radius 2 is 1.90 bits per heavy atom. The standard InChI is InChI=1S/C16H18N2O2.ClH/c1-19-14-5-2-12(3-6-14)13-4-7-15(18-10-13)16-11-17-8-9-20-16;/h2-7,10,16-17H,8-9,11H2,1H3;1H. The van der Waals surface area contributed by atoms with E-state index < -0.39 is 0 Å². The Balaban J connectivity index is 0.00000161. The fraction of sp³-hybridized carbons (Fsp3) is 0.312. The van der Waals surface area contributed by atoms with E-state index in [0.717, 1.165) is 42.3 Å². The average molecular weight is 307 g/mol. The number of halogens is 1. The second-order valence-corrected chi connectivity index (χ2v) is 4.76. The van der Waals surface area contributed by atoms with Gasteiger partial charge in [-0.15, -0.1) is 12.4 Å². The number of nitrogens with zero attached hydrogens (tertiary/aromatic N) is 1. The Kier molecular flexibility index (Phi) is 5.56. The minimum absolute atomic E-state index is 0. The third kappa shape index (κ3) is 3.73. The lowest BCUT2D eigenvalue weighted by atomic mass is 10.1. The van der Waals surface area contributed by atoms with Gasteiger partial charge in [-0.3, -0.25) is 4.98 Å². The number of hydrogen-bond donors (Lipinski definition) is 1. The summed E-state index contributed by atoms with van der Waals surface area (Å²) in [6.07, 6.45) is 1.96. The Morgan fingerprint density at radius 3 is 2.48 bits per heavy atom. The highest BCUT2D eigenvalue weighted by Gasteiger charge is 2.16. The van der Waals surface area contributed by atoms with E-state index in [1.807, 2.05) is 36.5 Å². The van der Waals surface area contributed by atoms with Gasteiger partial charge in [0, 0.05) is 24.8 Å². The van der Waals surface area contributed by atoms with Gasteiger partial charge in [-0.2, -0.15) is 0 Å². The number of rotatable bonds is 3. The first-order valence-electron chi connectivity index (χ1n) is 6.79. The van der Waals surface area contributed by atoms with Crippen LogP contribution in [0.25, 0.3) is 11.1 Å². The van der Waals surface area contributed by atoms with Crippen LogP contribution < -0.4 is 10.1 Å². The summed E-state index contributed by atoms with van der Waals surface area (Å²) in [7, 11) is 1.67. The number of morpholine rings is 1. The number of aromatic nitrogens is 1. The summed E-state index contributed by atoms with van der Waals surface area (Å²) in [6, 6.07) is 12.1. The van der Waals surface area contributed by atoms with Gasteiger partial charge < -0.3 is 14.8 Å². The van der Waals surface area contributed by atoms with Gasteiger partial charge in [-0.1, -0.05) is 18.2 Å². The molecule has 5 heteroatoms. The van der Waals surface area contributed by atoms with Crippen LogP contribution in [0.1, 0.15) is 11.8 Å². The van der Waals surface area contributed by atoms with E-state index >= 15 is 0 Å². The maximum Gasteiger partial charge on any atom is 0.118 e. The van der Waals surface area contributed by atoms with Gasteiger partial charge in [0.2, 0.25) is 0 Å². The summed E-state index contributed by atoms with van der Waals surface area (Å²) in [5, 5.41) is 3.31. The first kappa shape index (κ1) is 15.8. The molecule has 2 heterocycles. The highest BCUT2D eigenvalue weighted by atomic mass is 35.5. The zero-order valence-electron chi connectivity index (χ0n) is 11.9. The third-order valence-electron chi connectivity index (χ3n) is 3.47. The molecule has 21 heavy (non-hydrogen) atoms. The van der Waals surface area contributed by atoms with Gasteiger partial charge in [0.15, 0.2) is 0 Å². The molecule has 1 saturated heterocycles. The van der Waals surface area contributed by atoms with E-state index in [9.17, 15) is 0 Å². The zero-order valence-corrected chi connectivity index (χ0v) is 12.7. The molecule has 3 rings (SSSR count). The van der Waals surface area contributed by atoms with Crippen LogP contribution in [0, 0.1) is 0 Å². The van der Waals surface area contributed by atoms with E-state index in [2.05, 4.69) is 16.4 Å². The zero-order chi connectivity index (χ0) is 13.8. The van der Waals surface area contributed by atoms with Gasteiger partial charge in [-0.25, -0.2) is 0 Å². The van der Waals surface area contributed by atoms with Crippen LogP contribution in [-0.2, 0) is 4.74 Å². The molecule has 4 nitrogen and oxygen atoms in total. The lowest BCUT2D eigenvalue weighted by Crippen LogP contribution is -2.33. The van der Waals surface area contributed by atoms with Gasteiger partial charge in [0.25, 0.3) is 0 Å². The van der Waals surface area contributed by atoms with Crippen molar-refractivity contribution in [3.05, 3.63) is 48.3 Å². The van der Waals surface area contributed by atoms with Gasteiger partial charge in [0.1, 0.15) is 11.9 Å². The lowest BCUT2D eigenvalue weighted by Gasteiger charge is -2.23. The second-order valence-electron chi connectivity index (χ2n) is 4.76. The number of pyridine rings is 1. The summed E-state index contributed by atoms with van der Waals surface area (Å²) < 4.78 is 10.9. The third-order valence-corrected chi connectivity index (χ3v) is 3.47. The number of methoxy groups -OCH3 is 1. The normalized spacial score (nSPS) is 17.9. The smallest absolute Gasteiger partial charge is 0.118 e. The molecule has 1 unspecified atom stereocenters. The molecule has 112 valence electrons. The SMILES string of the molecule is COc1ccc(-c2ccc(C3CNCCO3)nc2)cc1.Cl. The van der Waals surface area contributed by atoms with Crippen molar-refractivity contribution in [2.75, 3.05) is 26.8 Å². The van der Waals surface area contributed by atoms with Crippen molar-refractivity contribution in [1.82, 2.24) is 10.3 Å². The minimum Gasteiger partial charge on any atom is -0.497 e. The Hall–Kier alpha value is -1.62. The Labute approximate surface area is 130 Å². The number of benzene rings is 1. The molecule has 1 fully saturated rings. The van der Waals surface area contributed by atoms with Crippen molar-refractivity contribution in [2.45, 2.75) is 6.10 Å². The molecule has 1 aromatic carbocycles. The first-order valence-corrected chi connectivity index (χ1v) is 6.79.